The maximum absolute atomic E-state index is 5.52. The van der Waals surface area contributed by atoms with Crippen LogP contribution >= 0.6 is 15.9 Å². The van der Waals surface area contributed by atoms with Gasteiger partial charge in [-0.05, 0) is 42.3 Å². The first-order valence-electron chi connectivity index (χ1n) is 5.76. The van der Waals surface area contributed by atoms with Gasteiger partial charge in [0.05, 0.1) is 19.9 Å². The highest BCUT2D eigenvalue weighted by atomic mass is 79.9. The topological polar surface area (TPSA) is 53.1 Å². The Bertz CT molecular complexity index is 525. The van der Waals surface area contributed by atoms with E-state index in [9.17, 15) is 0 Å². The van der Waals surface area contributed by atoms with Crippen LogP contribution in [0.5, 0.6) is 5.75 Å². The summed E-state index contributed by atoms with van der Waals surface area (Å²) < 4.78 is 8.19. The van der Waals surface area contributed by atoms with Crippen molar-refractivity contribution in [1.29, 1.82) is 0 Å². The van der Waals surface area contributed by atoms with Crippen molar-refractivity contribution in [2.75, 3.05) is 13.7 Å². The first kappa shape index (κ1) is 13.1. The Morgan fingerprint density at radius 3 is 3.00 bits per heavy atom. The van der Waals surface area contributed by atoms with Crippen molar-refractivity contribution in [1.82, 2.24) is 9.78 Å². The van der Waals surface area contributed by atoms with Gasteiger partial charge in [-0.25, -0.2) is 0 Å². The molecule has 0 bridgehead atoms. The van der Waals surface area contributed by atoms with E-state index in [4.69, 9.17) is 10.5 Å². The number of ether oxygens (including phenoxy) is 1. The van der Waals surface area contributed by atoms with Gasteiger partial charge in [0.2, 0.25) is 0 Å². The Kier molecular flexibility index (Phi) is 4.38. The van der Waals surface area contributed by atoms with E-state index in [0.717, 1.165) is 27.8 Å². The molecule has 0 fully saturated rings. The molecule has 2 N–H and O–H groups in total. The summed E-state index contributed by atoms with van der Waals surface area (Å²) in [5.74, 6) is 0.850. The number of methoxy groups -OCH3 is 1. The molecule has 0 saturated carbocycles. The molecular formula is C13H16BrN3O. The molecule has 0 amide bonds. The Morgan fingerprint density at radius 2 is 2.28 bits per heavy atom. The van der Waals surface area contributed by atoms with E-state index in [1.807, 2.05) is 35.3 Å². The minimum Gasteiger partial charge on any atom is -0.497 e. The molecule has 0 saturated heterocycles. The molecule has 1 aromatic carbocycles. The quantitative estimate of drug-likeness (QED) is 0.921. The van der Waals surface area contributed by atoms with Crippen LogP contribution in [0.2, 0.25) is 0 Å². The van der Waals surface area contributed by atoms with E-state index >= 15 is 0 Å². The molecule has 18 heavy (non-hydrogen) atoms. The molecule has 0 aliphatic carbocycles. The number of benzene rings is 1. The van der Waals surface area contributed by atoms with Gasteiger partial charge >= 0.3 is 0 Å². The number of nitrogens with zero attached hydrogens (tertiary/aromatic N) is 2. The normalized spacial score (nSPS) is 10.6. The predicted molar refractivity (Wildman–Crippen MR) is 74.8 cm³/mol. The summed E-state index contributed by atoms with van der Waals surface area (Å²) in [7, 11) is 1.67. The fourth-order valence-electron chi connectivity index (χ4n) is 1.76. The Morgan fingerprint density at radius 1 is 1.44 bits per heavy atom. The minimum absolute atomic E-state index is 0.647. The van der Waals surface area contributed by atoms with Crippen molar-refractivity contribution in [3.8, 4) is 5.75 Å². The average molecular weight is 310 g/mol. The van der Waals surface area contributed by atoms with Crippen LogP contribution in [0.25, 0.3) is 0 Å². The molecule has 96 valence electrons. The molecule has 0 atom stereocenters. The molecule has 0 aliphatic heterocycles. The zero-order valence-corrected chi connectivity index (χ0v) is 11.9. The summed E-state index contributed by atoms with van der Waals surface area (Å²) in [5.41, 5.74) is 7.82. The molecule has 0 aliphatic rings. The number of halogens is 1. The first-order valence-corrected chi connectivity index (χ1v) is 6.56. The summed E-state index contributed by atoms with van der Waals surface area (Å²) >= 11 is 3.54. The third-order valence-electron chi connectivity index (χ3n) is 2.70. The van der Waals surface area contributed by atoms with Gasteiger partial charge in [0, 0.05) is 10.7 Å². The standard InChI is InChI=1S/C13H16BrN3O/c1-18-12-2-3-13(14)11(6-12)9-17-8-10(4-5-15)7-16-17/h2-3,6-8H,4-5,9,15H2,1H3. The smallest absolute Gasteiger partial charge is 0.119 e. The fraction of sp³-hybridized carbons (Fsp3) is 0.308. The number of aromatic nitrogens is 2. The van der Waals surface area contributed by atoms with Gasteiger partial charge < -0.3 is 10.5 Å². The third kappa shape index (κ3) is 3.11. The second-order valence-corrected chi connectivity index (χ2v) is 4.90. The van der Waals surface area contributed by atoms with Crippen molar-refractivity contribution in [2.45, 2.75) is 13.0 Å². The maximum Gasteiger partial charge on any atom is 0.119 e. The molecule has 1 heterocycles. The highest BCUT2D eigenvalue weighted by Crippen LogP contribution is 2.23. The minimum atomic E-state index is 0.647. The summed E-state index contributed by atoms with van der Waals surface area (Å²) in [4.78, 5) is 0. The van der Waals surface area contributed by atoms with E-state index < -0.39 is 0 Å². The second kappa shape index (κ2) is 6.02. The number of rotatable bonds is 5. The van der Waals surface area contributed by atoms with E-state index in [1.165, 1.54) is 0 Å². The van der Waals surface area contributed by atoms with Crippen LogP contribution in [-0.2, 0) is 13.0 Å². The zero-order chi connectivity index (χ0) is 13.0. The van der Waals surface area contributed by atoms with Crippen LogP contribution in [0.15, 0.2) is 35.1 Å². The molecule has 5 heteroatoms. The molecule has 4 nitrogen and oxygen atoms in total. The Hall–Kier alpha value is -1.33. The summed E-state index contributed by atoms with van der Waals surface area (Å²) in [5, 5.41) is 4.33. The van der Waals surface area contributed by atoms with Crippen molar-refractivity contribution in [3.05, 3.63) is 46.2 Å². The third-order valence-corrected chi connectivity index (χ3v) is 3.48. The maximum atomic E-state index is 5.52. The highest BCUT2D eigenvalue weighted by molar-refractivity contribution is 9.10. The van der Waals surface area contributed by atoms with Crippen LogP contribution in [0.3, 0.4) is 0 Å². The Labute approximate surface area is 115 Å². The van der Waals surface area contributed by atoms with Crippen LogP contribution in [0.1, 0.15) is 11.1 Å². The summed E-state index contributed by atoms with van der Waals surface area (Å²) in [6.07, 6.45) is 4.75. The SMILES string of the molecule is COc1ccc(Br)c(Cn2cc(CCN)cn2)c1. The van der Waals surface area contributed by atoms with E-state index in [0.29, 0.717) is 13.1 Å². The Balaban J connectivity index is 2.16. The van der Waals surface area contributed by atoms with Crippen LogP contribution in [0.4, 0.5) is 0 Å². The summed E-state index contributed by atoms with van der Waals surface area (Å²) in [6, 6.07) is 5.92. The summed E-state index contributed by atoms with van der Waals surface area (Å²) in [6.45, 7) is 1.36. The first-order chi connectivity index (χ1) is 8.72. The van der Waals surface area contributed by atoms with Crippen molar-refractivity contribution >= 4 is 15.9 Å². The molecular weight excluding hydrogens is 294 g/mol. The van der Waals surface area contributed by atoms with Gasteiger partial charge in [-0.1, -0.05) is 15.9 Å². The lowest BCUT2D eigenvalue weighted by Crippen LogP contribution is -2.03. The van der Waals surface area contributed by atoms with E-state index in [2.05, 4.69) is 21.0 Å². The fourth-order valence-corrected chi connectivity index (χ4v) is 2.13. The van der Waals surface area contributed by atoms with Gasteiger partial charge in [0.15, 0.2) is 0 Å². The van der Waals surface area contributed by atoms with Crippen LogP contribution < -0.4 is 10.5 Å². The lowest BCUT2D eigenvalue weighted by molar-refractivity contribution is 0.414. The van der Waals surface area contributed by atoms with Crippen LogP contribution in [0, 0.1) is 0 Å². The monoisotopic (exact) mass is 309 g/mol. The van der Waals surface area contributed by atoms with Gasteiger partial charge in [0.25, 0.3) is 0 Å². The molecule has 2 aromatic rings. The second-order valence-electron chi connectivity index (χ2n) is 4.04. The van der Waals surface area contributed by atoms with Crippen molar-refractivity contribution in [2.24, 2.45) is 5.73 Å². The lowest BCUT2D eigenvalue weighted by Gasteiger charge is -2.07. The van der Waals surface area contributed by atoms with E-state index in [1.54, 1.807) is 7.11 Å². The molecule has 1 aromatic heterocycles. The van der Waals surface area contributed by atoms with Crippen molar-refractivity contribution in [3.63, 3.8) is 0 Å². The van der Waals surface area contributed by atoms with Crippen LogP contribution in [-0.4, -0.2) is 23.4 Å². The zero-order valence-electron chi connectivity index (χ0n) is 10.3. The number of hydrogen-bond acceptors (Lipinski definition) is 3. The van der Waals surface area contributed by atoms with Gasteiger partial charge in [-0.3, -0.25) is 4.68 Å². The predicted octanol–water partition coefficient (Wildman–Crippen LogP) is 2.20. The molecule has 0 spiro atoms. The van der Waals surface area contributed by atoms with Gasteiger partial charge in [0.1, 0.15) is 5.75 Å². The lowest BCUT2D eigenvalue weighted by atomic mass is 10.2. The van der Waals surface area contributed by atoms with Gasteiger partial charge in [-0.2, -0.15) is 5.10 Å². The largest absolute Gasteiger partial charge is 0.497 e. The average Bonchev–Trinajstić information content (AvgIpc) is 2.80. The van der Waals surface area contributed by atoms with Crippen molar-refractivity contribution < 1.29 is 4.74 Å². The molecule has 0 unspecified atom stereocenters. The van der Waals surface area contributed by atoms with Gasteiger partial charge in [-0.15, -0.1) is 0 Å². The highest BCUT2D eigenvalue weighted by Gasteiger charge is 2.04. The molecule has 2 rings (SSSR count). The number of hydrogen-bond donors (Lipinski definition) is 1. The number of nitrogens with two attached hydrogens (primary N) is 1. The van der Waals surface area contributed by atoms with E-state index in [-0.39, 0.29) is 0 Å². The molecule has 0 radical (unpaired) electrons.